The minimum absolute atomic E-state index is 0.0717. The highest BCUT2D eigenvalue weighted by molar-refractivity contribution is 7.92. The van der Waals surface area contributed by atoms with Gasteiger partial charge in [-0.15, -0.1) is 0 Å². The minimum Gasteiger partial charge on any atom is -0.476 e. The SMILES string of the molecule is C[C@@H](CNC(=O)[C@H]1CN(S(=O)(=O)Cc2ccccc2)c2ccccc2O1)c1ccccc1. The van der Waals surface area contributed by atoms with Crippen LogP contribution in [0.25, 0.3) is 0 Å². The number of fused-ring (bicyclic) bond motifs is 1. The molecule has 0 aromatic heterocycles. The van der Waals surface area contributed by atoms with E-state index in [1.165, 1.54) is 4.31 Å². The number of nitrogens with one attached hydrogen (secondary N) is 1. The van der Waals surface area contributed by atoms with E-state index in [0.29, 0.717) is 23.5 Å². The average Bonchev–Trinajstić information content (AvgIpc) is 2.82. The molecule has 6 nitrogen and oxygen atoms in total. The summed E-state index contributed by atoms with van der Waals surface area (Å²) >= 11 is 0. The Labute approximate surface area is 188 Å². The van der Waals surface area contributed by atoms with E-state index in [1.54, 1.807) is 36.4 Å². The Morgan fingerprint density at radius 3 is 2.34 bits per heavy atom. The van der Waals surface area contributed by atoms with Crippen molar-refractivity contribution in [1.29, 1.82) is 0 Å². The van der Waals surface area contributed by atoms with Crippen LogP contribution in [0.1, 0.15) is 24.0 Å². The van der Waals surface area contributed by atoms with Crippen LogP contribution in [0, 0.1) is 0 Å². The number of amides is 1. The highest BCUT2D eigenvalue weighted by atomic mass is 32.2. The third-order valence-electron chi connectivity index (χ3n) is 5.51. The van der Waals surface area contributed by atoms with Gasteiger partial charge >= 0.3 is 0 Å². The highest BCUT2D eigenvalue weighted by Crippen LogP contribution is 2.35. The van der Waals surface area contributed by atoms with Gasteiger partial charge in [-0.25, -0.2) is 8.42 Å². The summed E-state index contributed by atoms with van der Waals surface area (Å²) in [5.41, 5.74) is 2.26. The first-order valence-corrected chi connectivity index (χ1v) is 12.2. The second kappa shape index (κ2) is 9.44. The number of anilines is 1. The first kappa shape index (κ1) is 21.9. The molecule has 3 aromatic carbocycles. The molecule has 0 aliphatic carbocycles. The lowest BCUT2D eigenvalue weighted by Gasteiger charge is -2.35. The van der Waals surface area contributed by atoms with E-state index in [1.807, 2.05) is 55.5 Å². The van der Waals surface area contributed by atoms with Crippen LogP contribution in [0.2, 0.25) is 0 Å². The van der Waals surface area contributed by atoms with Crippen molar-refractivity contribution in [3.8, 4) is 5.75 Å². The molecule has 1 aliphatic heterocycles. The van der Waals surface area contributed by atoms with Crippen LogP contribution < -0.4 is 14.4 Å². The highest BCUT2D eigenvalue weighted by Gasteiger charge is 2.36. The van der Waals surface area contributed by atoms with Crippen LogP contribution in [0.3, 0.4) is 0 Å². The van der Waals surface area contributed by atoms with E-state index < -0.39 is 16.1 Å². The number of rotatable bonds is 7. The molecule has 1 aliphatic rings. The summed E-state index contributed by atoms with van der Waals surface area (Å²) in [7, 11) is -3.72. The molecule has 166 valence electrons. The van der Waals surface area contributed by atoms with Crippen LogP contribution in [-0.2, 0) is 20.6 Å². The van der Waals surface area contributed by atoms with Gasteiger partial charge in [0.25, 0.3) is 5.91 Å². The monoisotopic (exact) mass is 450 g/mol. The molecule has 0 bridgehead atoms. The van der Waals surface area contributed by atoms with Gasteiger partial charge in [0, 0.05) is 6.54 Å². The normalized spacial score (nSPS) is 16.5. The predicted molar refractivity (Wildman–Crippen MR) is 125 cm³/mol. The van der Waals surface area contributed by atoms with Gasteiger partial charge in [0.2, 0.25) is 10.0 Å². The van der Waals surface area contributed by atoms with Gasteiger partial charge in [-0.05, 0) is 29.2 Å². The van der Waals surface area contributed by atoms with E-state index >= 15 is 0 Å². The Balaban J connectivity index is 1.51. The molecular weight excluding hydrogens is 424 g/mol. The summed E-state index contributed by atoms with van der Waals surface area (Å²) in [6, 6.07) is 25.8. The number of hydrogen-bond donors (Lipinski definition) is 1. The number of benzene rings is 3. The molecule has 3 aromatic rings. The lowest BCUT2D eigenvalue weighted by atomic mass is 10.0. The first-order chi connectivity index (χ1) is 15.4. The third kappa shape index (κ3) is 4.94. The van der Waals surface area contributed by atoms with Crippen molar-refractivity contribution in [1.82, 2.24) is 5.32 Å². The summed E-state index contributed by atoms with van der Waals surface area (Å²) in [6.07, 6.45) is -0.932. The summed E-state index contributed by atoms with van der Waals surface area (Å²) in [4.78, 5) is 12.9. The lowest BCUT2D eigenvalue weighted by molar-refractivity contribution is -0.127. The van der Waals surface area contributed by atoms with Gasteiger partial charge in [0.1, 0.15) is 5.75 Å². The molecule has 0 unspecified atom stereocenters. The van der Waals surface area contributed by atoms with Crippen LogP contribution in [0.4, 0.5) is 5.69 Å². The van der Waals surface area contributed by atoms with Crippen LogP contribution in [-0.4, -0.2) is 33.5 Å². The molecule has 0 fully saturated rings. The Morgan fingerprint density at radius 1 is 1.00 bits per heavy atom. The van der Waals surface area contributed by atoms with Crippen LogP contribution in [0.5, 0.6) is 5.75 Å². The summed E-state index contributed by atoms with van der Waals surface area (Å²) in [5.74, 6) is 0.0180. The van der Waals surface area contributed by atoms with E-state index in [9.17, 15) is 13.2 Å². The first-order valence-electron chi connectivity index (χ1n) is 10.6. The van der Waals surface area contributed by atoms with Crippen molar-refractivity contribution in [3.63, 3.8) is 0 Å². The van der Waals surface area contributed by atoms with Gasteiger partial charge in [0.05, 0.1) is 18.0 Å². The number of para-hydroxylation sites is 2. The summed E-state index contributed by atoms with van der Waals surface area (Å²) in [5, 5.41) is 2.92. The standard InChI is InChI=1S/C25H26N2O4S/c1-19(21-12-6-3-7-13-21)16-26-25(28)24-17-27(22-14-8-9-15-23(22)31-24)32(29,30)18-20-10-4-2-5-11-20/h2-15,19,24H,16-18H2,1H3,(H,26,28)/t19-,24+/m0/s1. The topological polar surface area (TPSA) is 75.7 Å². The van der Waals surface area contributed by atoms with Crippen molar-refractivity contribution in [2.24, 2.45) is 0 Å². The molecule has 0 spiro atoms. The van der Waals surface area contributed by atoms with Crippen molar-refractivity contribution < 1.29 is 17.9 Å². The Morgan fingerprint density at radius 2 is 1.62 bits per heavy atom. The maximum absolute atomic E-state index is 13.3. The van der Waals surface area contributed by atoms with Crippen molar-refractivity contribution >= 4 is 21.6 Å². The molecule has 1 amide bonds. The van der Waals surface area contributed by atoms with Crippen molar-refractivity contribution in [2.75, 3.05) is 17.4 Å². The minimum atomic E-state index is -3.72. The molecule has 1 heterocycles. The molecule has 7 heteroatoms. The zero-order valence-corrected chi connectivity index (χ0v) is 18.7. The molecular formula is C25H26N2O4S. The van der Waals surface area contributed by atoms with Gasteiger partial charge in [-0.1, -0.05) is 79.7 Å². The molecule has 4 rings (SSSR count). The number of hydrogen-bond acceptors (Lipinski definition) is 4. The fraction of sp³-hybridized carbons (Fsp3) is 0.240. The Bertz CT molecular complexity index is 1170. The molecule has 1 N–H and O–H groups in total. The second-order valence-electron chi connectivity index (χ2n) is 7.90. The average molecular weight is 451 g/mol. The fourth-order valence-corrected chi connectivity index (χ4v) is 5.31. The van der Waals surface area contributed by atoms with Crippen molar-refractivity contribution in [3.05, 3.63) is 96.1 Å². The predicted octanol–water partition coefficient (Wildman–Crippen LogP) is 3.70. The molecule has 0 saturated carbocycles. The molecule has 0 saturated heterocycles. The number of ether oxygens (including phenoxy) is 1. The molecule has 32 heavy (non-hydrogen) atoms. The summed E-state index contributed by atoms with van der Waals surface area (Å²) < 4.78 is 33.7. The number of carbonyl (C=O) groups excluding carboxylic acids is 1. The summed E-state index contributed by atoms with van der Waals surface area (Å²) in [6.45, 7) is 2.39. The van der Waals surface area contributed by atoms with E-state index in [-0.39, 0.29) is 24.1 Å². The largest absolute Gasteiger partial charge is 0.476 e. The van der Waals surface area contributed by atoms with Crippen LogP contribution >= 0.6 is 0 Å². The third-order valence-corrected chi connectivity index (χ3v) is 7.22. The molecule has 0 radical (unpaired) electrons. The lowest BCUT2D eigenvalue weighted by Crippen LogP contribution is -2.51. The Hall–Kier alpha value is -3.32. The van der Waals surface area contributed by atoms with Gasteiger partial charge in [-0.3, -0.25) is 9.10 Å². The zero-order valence-electron chi connectivity index (χ0n) is 17.8. The van der Waals surface area contributed by atoms with E-state index in [0.717, 1.165) is 5.56 Å². The zero-order chi connectivity index (χ0) is 22.6. The quantitative estimate of drug-likeness (QED) is 0.596. The second-order valence-corrected chi connectivity index (χ2v) is 9.80. The van der Waals surface area contributed by atoms with E-state index in [4.69, 9.17) is 4.74 Å². The van der Waals surface area contributed by atoms with Crippen LogP contribution in [0.15, 0.2) is 84.9 Å². The maximum atomic E-state index is 13.3. The van der Waals surface area contributed by atoms with Gasteiger partial charge in [-0.2, -0.15) is 0 Å². The fourth-order valence-electron chi connectivity index (χ4n) is 3.73. The number of carbonyl (C=O) groups is 1. The van der Waals surface area contributed by atoms with Gasteiger partial charge in [0.15, 0.2) is 6.10 Å². The number of nitrogens with zero attached hydrogens (tertiary/aromatic N) is 1. The maximum Gasteiger partial charge on any atom is 0.263 e. The smallest absolute Gasteiger partial charge is 0.263 e. The van der Waals surface area contributed by atoms with E-state index in [2.05, 4.69) is 5.32 Å². The molecule has 2 atom stereocenters. The van der Waals surface area contributed by atoms with Gasteiger partial charge < -0.3 is 10.1 Å². The Kier molecular flexibility index (Phi) is 6.46. The number of sulfonamides is 1. The van der Waals surface area contributed by atoms with Crippen molar-refractivity contribution in [2.45, 2.75) is 24.7 Å².